The fraction of sp³-hybridized carbons (Fsp3) is 0.188. The van der Waals surface area contributed by atoms with E-state index < -0.39 is 0 Å². The summed E-state index contributed by atoms with van der Waals surface area (Å²) in [6.45, 7) is 2.54. The number of aromatic nitrogens is 1. The molecular formula is C16H14N2O2. The summed E-state index contributed by atoms with van der Waals surface area (Å²) in [5.74, 6) is -0.0638. The lowest BCUT2D eigenvalue weighted by Crippen LogP contribution is -2.38. The molecule has 0 radical (unpaired) electrons. The minimum atomic E-state index is -0.0638. The van der Waals surface area contributed by atoms with Crippen molar-refractivity contribution in [2.24, 2.45) is 0 Å². The van der Waals surface area contributed by atoms with Crippen LogP contribution in [0, 0.1) is 6.92 Å². The summed E-state index contributed by atoms with van der Waals surface area (Å²) in [5.41, 5.74) is 3.91. The first kappa shape index (κ1) is 12.5. The molecule has 1 aliphatic heterocycles. The quantitative estimate of drug-likeness (QED) is 0.784. The Kier molecular flexibility index (Phi) is 3.06. The molecule has 0 unspecified atom stereocenters. The topological polar surface area (TPSA) is 50.3 Å². The van der Waals surface area contributed by atoms with E-state index >= 15 is 0 Å². The highest BCUT2D eigenvalue weighted by Crippen LogP contribution is 2.26. The highest BCUT2D eigenvalue weighted by Gasteiger charge is 2.26. The molecule has 4 nitrogen and oxygen atoms in total. The van der Waals surface area contributed by atoms with Crippen molar-refractivity contribution in [2.45, 2.75) is 13.3 Å². The Labute approximate surface area is 117 Å². The number of rotatable bonds is 2. The van der Waals surface area contributed by atoms with Crippen molar-refractivity contribution in [3.63, 3.8) is 0 Å². The van der Waals surface area contributed by atoms with Crippen molar-refractivity contribution in [2.75, 3.05) is 11.4 Å². The van der Waals surface area contributed by atoms with Crippen LogP contribution in [0.5, 0.6) is 0 Å². The van der Waals surface area contributed by atoms with Gasteiger partial charge in [-0.2, -0.15) is 0 Å². The van der Waals surface area contributed by atoms with Crippen LogP contribution in [0.3, 0.4) is 0 Å². The molecule has 1 aliphatic rings. The Balaban J connectivity index is 2.06. The summed E-state index contributed by atoms with van der Waals surface area (Å²) in [6.07, 6.45) is 4.67. The minimum Gasteiger partial charge on any atom is -0.306 e. The third kappa shape index (κ3) is 1.99. The van der Waals surface area contributed by atoms with E-state index in [1.807, 2.05) is 25.1 Å². The number of carbonyl (C=O) groups is 2. The standard InChI is InChI=1S/C16H14N2O2/c1-11-2-3-12-5-7-18(16(20)14(12)8-11)15-9-17-6-4-13(15)10-19/h2-4,6,8-10H,5,7H2,1H3. The second kappa shape index (κ2) is 4.89. The molecule has 4 heteroatoms. The Morgan fingerprint density at radius 2 is 2.15 bits per heavy atom. The van der Waals surface area contributed by atoms with Crippen LogP contribution in [0.25, 0.3) is 0 Å². The lowest BCUT2D eigenvalue weighted by atomic mass is 9.96. The molecule has 3 rings (SSSR count). The lowest BCUT2D eigenvalue weighted by Gasteiger charge is -2.29. The van der Waals surface area contributed by atoms with Gasteiger partial charge in [0.05, 0.1) is 11.9 Å². The summed E-state index contributed by atoms with van der Waals surface area (Å²) in [7, 11) is 0. The minimum absolute atomic E-state index is 0.0638. The highest BCUT2D eigenvalue weighted by molar-refractivity contribution is 6.09. The van der Waals surface area contributed by atoms with E-state index in [4.69, 9.17) is 0 Å². The van der Waals surface area contributed by atoms with E-state index in [-0.39, 0.29) is 5.91 Å². The first-order valence-corrected chi connectivity index (χ1v) is 6.51. The molecule has 0 fully saturated rings. The summed E-state index contributed by atoms with van der Waals surface area (Å²) >= 11 is 0. The number of pyridine rings is 1. The van der Waals surface area contributed by atoms with E-state index in [0.29, 0.717) is 17.8 Å². The number of fused-ring (bicyclic) bond motifs is 1. The predicted octanol–water partition coefficient (Wildman–Crippen LogP) is 2.41. The zero-order chi connectivity index (χ0) is 14.1. The van der Waals surface area contributed by atoms with E-state index in [0.717, 1.165) is 29.4 Å². The van der Waals surface area contributed by atoms with Gasteiger partial charge in [0.25, 0.3) is 5.91 Å². The smallest absolute Gasteiger partial charge is 0.258 e. The average Bonchev–Trinajstić information content (AvgIpc) is 2.48. The zero-order valence-electron chi connectivity index (χ0n) is 11.2. The Hall–Kier alpha value is -2.49. The van der Waals surface area contributed by atoms with Gasteiger partial charge < -0.3 is 4.90 Å². The number of aldehydes is 1. The molecule has 0 aliphatic carbocycles. The molecule has 0 atom stereocenters. The lowest BCUT2D eigenvalue weighted by molar-refractivity contribution is 0.0980. The molecule has 2 heterocycles. The fourth-order valence-corrected chi connectivity index (χ4v) is 2.54. The third-order valence-electron chi connectivity index (χ3n) is 3.60. The summed E-state index contributed by atoms with van der Waals surface area (Å²) in [6, 6.07) is 7.55. The van der Waals surface area contributed by atoms with Gasteiger partial charge in [-0.1, -0.05) is 17.7 Å². The van der Waals surface area contributed by atoms with Crippen LogP contribution < -0.4 is 4.90 Å². The molecule has 1 aromatic carbocycles. The van der Waals surface area contributed by atoms with Crippen molar-refractivity contribution in [3.8, 4) is 0 Å². The zero-order valence-corrected chi connectivity index (χ0v) is 11.2. The van der Waals surface area contributed by atoms with Crippen LogP contribution in [0.2, 0.25) is 0 Å². The summed E-state index contributed by atoms with van der Waals surface area (Å²) < 4.78 is 0. The van der Waals surface area contributed by atoms with Crippen LogP contribution in [0.4, 0.5) is 5.69 Å². The van der Waals surface area contributed by atoms with Gasteiger partial charge in [-0.3, -0.25) is 14.6 Å². The number of aryl methyl sites for hydroxylation is 1. The first-order valence-electron chi connectivity index (χ1n) is 6.51. The van der Waals surface area contributed by atoms with Crippen LogP contribution in [0.15, 0.2) is 36.7 Å². The third-order valence-corrected chi connectivity index (χ3v) is 3.60. The molecule has 1 amide bonds. The van der Waals surface area contributed by atoms with Crippen LogP contribution in [0.1, 0.15) is 31.8 Å². The van der Waals surface area contributed by atoms with E-state index in [9.17, 15) is 9.59 Å². The molecule has 0 spiro atoms. The second-order valence-corrected chi connectivity index (χ2v) is 4.92. The maximum atomic E-state index is 12.6. The van der Waals surface area contributed by atoms with Gasteiger partial charge in [0.2, 0.25) is 0 Å². The molecule has 100 valence electrons. The van der Waals surface area contributed by atoms with Crippen molar-refractivity contribution in [3.05, 3.63) is 58.9 Å². The summed E-state index contributed by atoms with van der Waals surface area (Å²) in [4.78, 5) is 29.4. The molecule has 2 aromatic rings. The number of hydrogen-bond acceptors (Lipinski definition) is 3. The number of amides is 1. The monoisotopic (exact) mass is 266 g/mol. The molecule has 0 saturated carbocycles. The Bertz CT molecular complexity index is 695. The van der Waals surface area contributed by atoms with E-state index in [2.05, 4.69) is 4.98 Å². The van der Waals surface area contributed by atoms with Crippen LogP contribution in [-0.2, 0) is 6.42 Å². The molecule has 0 bridgehead atoms. The predicted molar refractivity (Wildman–Crippen MR) is 76.2 cm³/mol. The molecule has 0 N–H and O–H groups in total. The summed E-state index contributed by atoms with van der Waals surface area (Å²) in [5, 5.41) is 0. The average molecular weight is 266 g/mol. The number of nitrogens with zero attached hydrogens (tertiary/aromatic N) is 2. The number of benzene rings is 1. The Morgan fingerprint density at radius 1 is 1.30 bits per heavy atom. The first-order chi connectivity index (χ1) is 9.70. The van der Waals surface area contributed by atoms with Gasteiger partial charge >= 0.3 is 0 Å². The maximum Gasteiger partial charge on any atom is 0.258 e. The SMILES string of the molecule is Cc1ccc2c(c1)C(=O)N(c1cnccc1C=O)CC2. The second-order valence-electron chi connectivity index (χ2n) is 4.92. The molecular weight excluding hydrogens is 252 g/mol. The molecule has 1 aromatic heterocycles. The number of carbonyl (C=O) groups excluding carboxylic acids is 2. The van der Waals surface area contributed by atoms with Gasteiger partial charge in [-0.25, -0.2) is 0 Å². The normalized spacial score (nSPS) is 14.1. The van der Waals surface area contributed by atoms with Crippen molar-refractivity contribution >= 4 is 17.9 Å². The molecule has 20 heavy (non-hydrogen) atoms. The van der Waals surface area contributed by atoms with Crippen LogP contribution >= 0.6 is 0 Å². The highest BCUT2D eigenvalue weighted by atomic mass is 16.2. The van der Waals surface area contributed by atoms with Gasteiger partial charge in [0.1, 0.15) is 0 Å². The van der Waals surface area contributed by atoms with E-state index in [1.54, 1.807) is 23.4 Å². The van der Waals surface area contributed by atoms with Crippen molar-refractivity contribution < 1.29 is 9.59 Å². The van der Waals surface area contributed by atoms with Crippen LogP contribution in [-0.4, -0.2) is 23.7 Å². The van der Waals surface area contributed by atoms with Gasteiger partial charge in [-0.15, -0.1) is 0 Å². The molecule has 0 saturated heterocycles. The van der Waals surface area contributed by atoms with E-state index in [1.165, 1.54) is 0 Å². The number of hydrogen-bond donors (Lipinski definition) is 0. The maximum absolute atomic E-state index is 12.6. The largest absolute Gasteiger partial charge is 0.306 e. The van der Waals surface area contributed by atoms with Gasteiger partial charge in [-0.05, 0) is 31.0 Å². The van der Waals surface area contributed by atoms with Crippen molar-refractivity contribution in [1.29, 1.82) is 0 Å². The Morgan fingerprint density at radius 3 is 2.95 bits per heavy atom. The number of anilines is 1. The van der Waals surface area contributed by atoms with Crippen molar-refractivity contribution in [1.82, 2.24) is 4.98 Å². The van der Waals surface area contributed by atoms with Gasteiger partial charge in [0, 0.05) is 23.9 Å². The fourth-order valence-electron chi connectivity index (χ4n) is 2.54. The van der Waals surface area contributed by atoms with Gasteiger partial charge in [0.15, 0.2) is 6.29 Å².